The molecule has 0 radical (unpaired) electrons. The standard InChI is InChI=1S/C14H20N6O/c1-19-17-14(16-18-19)10-21-13-4-2-12(3-5-13)20-8-6-11(15)7-9-20/h2-5,11H,6-10,15H2,1H3. The van der Waals surface area contributed by atoms with Crippen LogP contribution in [0.2, 0.25) is 0 Å². The van der Waals surface area contributed by atoms with Gasteiger partial charge in [0, 0.05) is 24.8 Å². The fraction of sp³-hybridized carbons (Fsp3) is 0.500. The first-order chi connectivity index (χ1) is 10.2. The number of hydrogen-bond donors (Lipinski definition) is 1. The Balaban J connectivity index is 1.56. The molecule has 1 aliphatic heterocycles. The van der Waals surface area contributed by atoms with E-state index >= 15 is 0 Å². The third kappa shape index (κ3) is 3.49. The third-order valence-corrected chi connectivity index (χ3v) is 3.66. The van der Waals surface area contributed by atoms with E-state index in [1.807, 2.05) is 12.1 Å². The van der Waals surface area contributed by atoms with Gasteiger partial charge in [-0.05, 0) is 42.3 Å². The van der Waals surface area contributed by atoms with Crippen LogP contribution in [0.3, 0.4) is 0 Å². The van der Waals surface area contributed by atoms with Crippen molar-refractivity contribution in [2.75, 3.05) is 18.0 Å². The molecule has 2 N–H and O–H groups in total. The molecule has 0 unspecified atom stereocenters. The molecule has 0 atom stereocenters. The minimum atomic E-state index is 0.325. The van der Waals surface area contributed by atoms with E-state index in [0.29, 0.717) is 18.5 Å². The number of rotatable bonds is 4. The van der Waals surface area contributed by atoms with Gasteiger partial charge in [-0.2, -0.15) is 4.80 Å². The van der Waals surface area contributed by atoms with Crippen molar-refractivity contribution in [2.45, 2.75) is 25.5 Å². The van der Waals surface area contributed by atoms with Crippen molar-refractivity contribution in [2.24, 2.45) is 12.8 Å². The molecule has 0 saturated carbocycles. The number of piperidine rings is 1. The van der Waals surface area contributed by atoms with Crippen LogP contribution in [0.1, 0.15) is 18.7 Å². The highest BCUT2D eigenvalue weighted by Gasteiger charge is 2.16. The Labute approximate surface area is 123 Å². The highest BCUT2D eigenvalue weighted by atomic mass is 16.5. The van der Waals surface area contributed by atoms with E-state index in [4.69, 9.17) is 10.5 Å². The number of ether oxygens (including phenoxy) is 1. The Morgan fingerprint density at radius 2 is 1.95 bits per heavy atom. The molecule has 2 heterocycles. The number of nitrogens with zero attached hydrogens (tertiary/aromatic N) is 5. The number of aromatic nitrogens is 4. The summed E-state index contributed by atoms with van der Waals surface area (Å²) in [5.41, 5.74) is 7.15. The van der Waals surface area contributed by atoms with E-state index in [1.54, 1.807) is 7.05 Å². The first kappa shape index (κ1) is 13.8. The van der Waals surface area contributed by atoms with E-state index < -0.39 is 0 Å². The third-order valence-electron chi connectivity index (χ3n) is 3.66. The maximum Gasteiger partial charge on any atom is 0.212 e. The summed E-state index contributed by atoms with van der Waals surface area (Å²) >= 11 is 0. The van der Waals surface area contributed by atoms with Gasteiger partial charge in [-0.1, -0.05) is 0 Å². The van der Waals surface area contributed by atoms with Crippen LogP contribution in [0.15, 0.2) is 24.3 Å². The van der Waals surface area contributed by atoms with E-state index in [-0.39, 0.29) is 0 Å². The number of aryl methyl sites for hydroxylation is 1. The fourth-order valence-corrected chi connectivity index (χ4v) is 2.44. The van der Waals surface area contributed by atoms with Crippen LogP contribution in [0.5, 0.6) is 5.75 Å². The zero-order valence-electron chi connectivity index (χ0n) is 12.1. The van der Waals surface area contributed by atoms with Crippen molar-refractivity contribution < 1.29 is 4.74 Å². The molecule has 1 aliphatic rings. The molecule has 3 rings (SSSR count). The molecule has 1 fully saturated rings. The van der Waals surface area contributed by atoms with Gasteiger partial charge < -0.3 is 15.4 Å². The molecule has 1 aromatic heterocycles. The summed E-state index contributed by atoms with van der Waals surface area (Å²) in [6, 6.07) is 8.45. The van der Waals surface area contributed by atoms with Gasteiger partial charge in [0.2, 0.25) is 5.82 Å². The number of anilines is 1. The average Bonchev–Trinajstić information content (AvgIpc) is 2.92. The van der Waals surface area contributed by atoms with Crippen LogP contribution in [0.25, 0.3) is 0 Å². The second-order valence-electron chi connectivity index (χ2n) is 5.30. The van der Waals surface area contributed by atoms with Crippen LogP contribution in [-0.4, -0.2) is 39.3 Å². The van der Waals surface area contributed by atoms with Gasteiger partial charge in [-0.25, -0.2) is 0 Å². The van der Waals surface area contributed by atoms with Crippen molar-refractivity contribution in [3.8, 4) is 5.75 Å². The summed E-state index contributed by atoms with van der Waals surface area (Å²) in [5.74, 6) is 1.38. The van der Waals surface area contributed by atoms with Crippen LogP contribution in [0.4, 0.5) is 5.69 Å². The molecule has 0 bridgehead atoms. The first-order valence-corrected chi connectivity index (χ1v) is 7.17. The van der Waals surface area contributed by atoms with Gasteiger partial charge in [0.15, 0.2) is 6.61 Å². The van der Waals surface area contributed by atoms with Crippen LogP contribution < -0.4 is 15.4 Å². The molecule has 112 valence electrons. The number of benzene rings is 1. The molecule has 1 saturated heterocycles. The highest BCUT2D eigenvalue weighted by Crippen LogP contribution is 2.22. The van der Waals surface area contributed by atoms with Gasteiger partial charge in [0.25, 0.3) is 0 Å². The molecule has 7 nitrogen and oxygen atoms in total. The zero-order chi connectivity index (χ0) is 14.7. The number of hydrogen-bond acceptors (Lipinski definition) is 6. The Hall–Kier alpha value is -2.15. The molecular formula is C14H20N6O. The summed E-state index contributed by atoms with van der Waals surface area (Å²) < 4.78 is 5.65. The quantitative estimate of drug-likeness (QED) is 0.892. The van der Waals surface area contributed by atoms with E-state index in [1.165, 1.54) is 10.5 Å². The normalized spacial score (nSPS) is 16.2. The number of nitrogens with two attached hydrogens (primary N) is 1. The minimum absolute atomic E-state index is 0.325. The first-order valence-electron chi connectivity index (χ1n) is 7.17. The molecule has 0 spiro atoms. The summed E-state index contributed by atoms with van der Waals surface area (Å²) in [5, 5.41) is 11.7. The lowest BCUT2D eigenvalue weighted by Crippen LogP contribution is -2.39. The van der Waals surface area contributed by atoms with E-state index in [9.17, 15) is 0 Å². The lowest BCUT2D eigenvalue weighted by atomic mass is 10.1. The smallest absolute Gasteiger partial charge is 0.212 e. The Bertz CT molecular complexity index is 573. The molecular weight excluding hydrogens is 268 g/mol. The predicted molar refractivity (Wildman–Crippen MR) is 79.0 cm³/mol. The summed E-state index contributed by atoms with van der Waals surface area (Å²) in [6.45, 7) is 2.36. The maximum absolute atomic E-state index is 5.93. The van der Waals surface area contributed by atoms with Gasteiger partial charge in [-0.15, -0.1) is 10.2 Å². The maximum atomic E-state index is 5.93. The van der Waals surface area contributed by atoms with Crippen molar-refractivity contribution >= 4 is 5.69 Å². The zero-order valence-corrected chi connectivity index (χ0v) is 12.1. The summed E-state index contributed by atoms with van der Waals surface area (Å²) in [6.07, 6.45) is 2.10. The van der Waals surface area contributed by atoms with Crippen LogP contribution in [0, 0.1) is 0 Å². The summed E-state index contributed by atoms with van der Waals surface area (Å²) in [7, 11) is 1.73. The Morgan fingerprint density at radius 3 is 2.57 bits per heavy atom. The van der Waals surface area contributed by atoms with Gasteiger partial charge in [0.1, 0.15) is 5.75 Å². The topological polar surface area (TPSA) is 82.1 Å². The van der Waals surface area contributed by atoms with Crippen molar-refractivity contribution in [3.63, 3.8) is 0 Å². The van der Waals surface area contributed by atoms with E-state index in [2.05, 4.69) is 32.4 Å². The monoisotopic (exact) mass is 288 g/mol. The lowest BCUT2D eigenvalue weighted by Gasteiger charge is -2.32. The Morgan fingerprint density at radius 1 is 1.24 bits per heavy atom. The van der Waals surface area contributed by atoms with Gasteiger partial charge in [0.05, 0.1) is 7.05 Å². The second-order valence-corrected chi connectivity index (χ2v) is 5.30. The van der Waals surface area contributed by atoms with Gasteiger partial charge in [-0.3, -0.25) is 0 Å². The second kappa shape index (κ2) is 6.09. The van der Waals surface area contributed by atoms with Gasteiger partial charge >= 0.3 is 0 Å². The SMILES string of the molecule is Cn1nnc(COc2ccc(N3CCC(N)CC3)cc2)n1. The molecule has 7 heteroatoms. The highest BCUT2D eigenvalue weighted by molar-refractivity contribution is 5.49. The molecule has 0 aliphatic carbocycles. The Kier molecular flexibility index (Phi) is 4.01. The van der Waals surface area contributed by atoms with Crippen molar-refractivity contribution in [3.05, 3.63) is 30.1 Å². The molecule has 0 amide bonds. The molecule has 1 aromatic carbocycles. The largest absolute Gasteiger partial charge is 0.485 e. The van der Waals surface area contributed by atoms with Crippen molar-refractivity contribution in [1.29, 1.82) is 0 Å². The molecule has 21 heavy (non-hydrogen) atoms. The van der Waals surface area contributed by atoms with E-state index in [0.717, 1.165) is 31.7 Å². The van der Waals surface area contributed by atoms with Crippen LogP contribution in [-0.2, 0) is 13.7 Å². The predicted octanol–water partition coefficient (Wildman–Crippen LogP) is 0.717. The van der Waals surface area contributed by atoms with Crippen LogP contribution >= 0.6 is 0 Å². The minimum Gasteiger partial charge on any atom is -0.485 e. The average molecular weight is 288 g/mol. The molecule has 2 aromatic rings. The fourth-order valence-electron chi connectivity index (χ4n) is 2.44. The number of tetrazole rings is 1. The lowest BCUT2D eigenvalue weighted by molar-refractivity contribution is 0.295. The van der Waals surface area contributed by atoms with Crippen molar-refractivity contribution in [1.82, 2.24) is 20.2 Å². The summed E-state index contributed by atoms with van der Waals surface area (Å²) in [4.78, 5) is 3.78.